The topological polar surface area (TPSA) is 33.6 Å². The van der Waals surface area contributed by atoms with Crippen LogP contribution in [0.4, 0.5) is 8.78 Å². The summed E-state index contributed by atoms with van der Waals surface area (Å²) in [6.07, 6.45) is 1.90. The van der Waals surface area contributed by atoms with Gasteiger partial charge < -0.3 is 10.1 Å². The monoisotopic (exact) mass is 300 g/mol. The Morgan fingerprint density at radius 2 is 1.77 bits per heavy atom. The van der Waals surface area contributed by atoms with Gasteiger partial charge in [0.2, 0.25) is 0 Å². The van der Waals surface area contributed by atoms with Crippen LogP contribution in [-0.2, 0) is 0 Å². The van der Waals surface area contributed by atoms with Gasteiger partial charge in [-0.05, 0) is 48.5 Å². The molecule has 0 saturated heterocycles. The lowest BCUT2D eigenvalue weighted by atomic mass is 10.1. The Hall–Kier alpha value is -2.69. The predicted molar refractivity (Wildman–Crippen MR) is 81.9 cm³/mol. The van der Waals surface area contributed by atoms with Crippen molar-refractivity contribution in [1.82, 2.24) is 5.32 Å². The van der Waals surface area contributed by atoms with Crippen LogP contribution < -0.4 is 10.1 Å². The molecule has 1 N–H and O–H groups in total. The summed E-state index contributed by atoms with van der Waals surface area (Å²) in [7, 11) is 1.43. The number of methoxy groups -OCH3 is 1. The molecular weight excluding hydrogens is 286 g/mol. The molecule has 0 radical (unpaired) electrons. The summed E-state index contributed by atoms with van der Waals surface area (Å²) in [5.74, 6) is 0.140. The molecule has 1 aliphatic rings. The van der Waals surface area contributed by atoms with Gasteiger partial charge in [0.25, 0.3) is 0 Å². The Kier molecular flexibility index (Phi) is 3.87. The average Bonchev–Trinajstić information content (AvgIpc) is 2.56. The van der Waals surface area contributed by atoms with E-state index in [9.17, 15) is 8.78 Å². The number of amidine groups is 1. The summed E-state index contributed by atoms with van der Waals surface area (Å²) in [4.78, 5) is 4.37. The number of rotatable bonds is 3. The number of halogens is 2. The van der Waals surface area contributed by atoms with Crippen molar-refractivity contribution in [2.24, 2.45) is 4.99 Å². The van der Waals surface area contributed by atoms with Gasteiger partial charge in [-0.25, -0.2) is 8.78 Å². The molecule has 0 saturated carbocycles. The van der Waals surface area contributed by atoms with Crippen molar-refractivity contribution in [3.8, 4) is 5.75 Å². The highest BCUT2D eigenvalue weighted by Crippen LogP contribution is 2.23. The number of hydrogen-bond donors (Lipinski definition) is 1. The Balaban J connectivity index is 1.85. The summed E-state index contributed by atoms with van der Waals surface area (Å²) in [6, 6.07) is 10.8. The van der Waals surface area contributed by atoms with E-state index in [0.29, 0.717) is 12.4 Å². The molecule has 3 nitrogen and oxygen atoms in total. The van der Waals surface area contributed by atoms with Crippen molar-refractivity contribution in [3.63, 3.8) is 0 Å². The molecule has 5 heteroatoms. The van der Waals surface area contributed by atoms with Crippen LogP contribution in [0.25, 0.3) is 5.70 Å². The zero-order valence-corrected chi connectivity index (χ0v) is 11.9. The smallest absolute Gasteiger partial charge is 0.165 e. The molecule has 0 aromatic heterocycles. The van der Waals surface area contributed by atoms with E-state index in [1.54, 1.807) is 24.3 Å². The van der Waals surface area contributed by atoms with E-state index in [2.05, 4.69) is 10.3 Å². The number of hydrogen-bond acceptors (Lipinski definition) is 3. The van der Waals surface area contributed by atoms with Gasteiger partial charge >= 0.3 is 0 Å². The van der Waals surface area contributed by atoms with E-state index in [4.69, 9.17) is 4.74 Å². The van der Waals surface area contributed by atoms with E-state index in [-0.39, 0.29) is 11.6 Å². The average molecular weight is 300 g/mol. The summed E-state index contributed by atoms with van der Waals surface area (Å²) in [6.45, 7) is 0.495. The second-order valence-corrected chi connectivity index (χ2v) is 4.79. The number of nitrogens with zero attached hydrogens (tertiary/aromatic N) is 1. The van der Waals surface area contributed by atoms with E-state index in [1.165, 1.54) is 25.3 Å². The van der Waals surface area contributed by atoms with Gasteiger partial charge in [0, 0.05) is 16.8 Å². The first-order valence-corrected chi connectivity index (χ1v) is 6.79. The highest BCUT2D eigenvalue weighted by atomic mass is 19.1. The van der Waals surface area contributed by atoms with Gasteiger partial charge in [-0.3, -0.25) is 4.99 Å². The van der Waals surface area contributed by atoms with Gasteiger partial charge in [0.1, 0.15) is 11.7 Å². The van der Waals surface area contributed by atoms with Crippen LogP contribution in [0.3, 0.4) is 0 Å². The third-order valence-corrected chi connectivity index (χ3v) is 3.38. The Morgan fingerprint density at radius 3 is 2.50 bits per heavy atom. The Bertz CT molecular complexity index is 752. The normalized spacial score (nSPS) is 14.0. The summed E-state index contributed by atoms with van der Waals surface area (Å²) >= 11 is 0. The van der Waals surface area contributed by atoms with Crippen LogP contribution in [-0.4, -0.2) is 19.5 Å². The summed E-state index contributed by atoms with van der Waals surface area (Å²) in [5.41, 5.74) is 2.40. The van der Waals surface area contributed by atoms with Crippen LogP contribution in [0, 0.1) is 11.6 Å². The van der Waals surface area contributed by atoms with Gasteiger partial charge in [0.05, 0.1) is 13.7 Å². The highest BCUT2D eigenvalue weighted by molar-refractivity contribution is 6.04. The van der Waals surface area contributed by atoms with Crippen molar-refractivity contribution in [1.29, 1.82) is 0 Å². The standard InChI is InChI=1S/C17H14F2N2O/c1-22-16-10-12(4-7-14(16)19)15-8-9-20-17(21-15)11-2-5-13(18)6-3-11/h2-8,10H,9H2,1H3,(H,20,21). The van der Waals surface area contributed by atoms with Gasteiger partial charge in [-0.2, -0.15) is 0 Å². The van der Waals surface area contributed by atoms with Crippen LogP contribution in [0.2, 0.25) is 0 Å². The maximum atomic E-state index is 13.5. The largest absolute Gasteiger partial charge is 0.494 e. The predicted octanol–water partition coefficient (Wildman–Crippen LogP) is 3.36. The zero-order chi connectivity index (χ0) is 15.5. The van der Waals surface area contributed by atoms with E-state index < -0.39 is 5.82 Å². The van der Waals surface area contributed by atoms with Crippen LogP contribution >= 0.6 is 0 Å². The molecule has 0 bridgehead atoms. The second-order valence-electron chi connectivity index (χ2n) is 4.79. The first-order valence-electron chi connectivity index (χ1n) is 6.79. The number of nitrogens with one attached hydrogen (secondary N) is 1. The lowest BCUT2D eigenvalue weighted by Gasteiger charge is -2.18. The van der Waals surface area contributed by atoms with Crippen molar-refractivity contribution >= 4 is 11.5 Å². The van der Waals surface area contributed by atoms with Crippen molar-refractivity contribution in [2.45, 2.75) is 0 Å². The summed E-state index contributed by atoms with van der Waals surface area (Å²) < 4.78 is 31.5. The molecule has 1 aliphatic heterocycles. The molecule has 1 heterocycles. The first kappa shape index (κ1) is 14.3. The Labute approximate surface area is 127 Å². The third-order valence-electron chi connectivity index (χ3n) is 3.38. The van der Waals surface area contributed by atoms with Gasteiger partial charge in [0.15, 0.2) is 11.6 Å². The molecule has 0 amide bonds. The van der Waals surface area contributed by atoms with E-state index >= 15 is 0 Å². The van der Waals surface area contributed by atoms with Crippen molar-refractivity contribution in [3.05, 3.63) is 71.3 Å². The molecule has 0 atom stereocenters. The van der Waals surface area contributed by atoms with Crippen LogP contribution in [0.5, 0.6) is 5.75 Å². The SMILES string of the molecule is COc1cc(C2=CCN=C(c3ccc(F)cc3)N2)ccc1F. The minimum atomic E-state index is -0.407. The molecule has 0 spiro atoms. The minimum Gasteiger partial charge on any atom is -0.494 e. The van der Waals surface area contributed by atoms with Crippen LogP contribution in [0.1, 0.15) is 11.1 Å². The number of benzene rings is 2. The maximum Gasteiger partial charge on any atom is 0.165 e. The van der Waals surface area contributed by atoms with Crippen LogP contribution in [0.15, 0.2) is 53.5 Å². The fourth-order valence-corrected chi connectivity index (χ4v) is 2.23. The molecular formula is C17H14F2N2O. The fraction of sp³-hybridized carbons (Fsp3) is 0.118. The van der Waals surface area contributed by atoms with Crippen molar-refractivity contribution < 1.29 is 13.5 Å². The molecule has 0 unspecified atom stereocenters. The highest BCUT2D eigenvalue weighted by Gasteiger charge is 2.13. The Morgan fingerprint density at radius 1 is 1.05 bits per heavy atom. The molecule has 2 aromatic rings. The first-order chi connectivity index (χ1) is 10.7. The second kappa shape index (κ2) is 5.97. The fourth-order valence-electron chi connectivity index (χ4n) is 2.23. The molecule has 0 aliphatic carbocycles. The van der Waals surface area contributed by atoms with Gasteiger partial charge in [-0.15, -0.1) is 0 Å². The maximum absolute atomic E-state index is 13.5. The van der Waals surface area contributed by atoms with E-state index in [0.717, 1.165) is 16.8 Å². The third kappa shape index (κ3) is 2.83. The molecule has 2 aromatic carbocycles. The molecule has 112 valence electrons. The number of ether oxygens (including phenoxy) is 1. The lowest BCUT2D eigenvalue weighted by Crippen LogP contribution is -2.26. The van der Waals surface area contributed by atoms with Gasteiger partial charge in [-0.1, -0.05) is 0 Å². The quantitative estimate of drug-likeness (QED) is 0.943. The molecule has 0 fully saturated rings. The lowest BCUT2D eigenvalue weighted by molar-refractivity contribution is 0.386. The summed E-state index contributed by atoms with van der Waals surface area (Å²) in [5, 5.41) is 3.19. The number of aliphatic imine (C=N–C) groups is 1. The zero-order valence-electron chi connectivity index (χ0n) is 11.9. The molecule has 22 heavy (non-hydrogen) atoms. The van der Waals surface area contributed by atoms with E-state index in [1.807, 2.05) is 6.08 Å². The minimum absolute atomic E-state index is 0.186. The molecule has 3 rings (SSSR count). The van der Waals surface area contributed by atoms with Crippen molar-refractivity contribution in [2.75, 3.05) is 13.7 Å².